The zero-order chi connectivity index (χ0) is 21.4. The van der Waals surface area contributed by atoms with Crippen LogP contribution < -0.4 is 0 Å². The molecule has 30 heavy (non-hydrogen) atoms. The van der Waals surface area contributed by atoms with Gasteiger partial charge in [-0.05, 0) is 65.6 Å². The van der Waals surface area contributed by atoms with E-state index in [4.69, 9.17) is 0 Å². The van der Waals surface area contributed by atoms with Gasteiger partial charge < -0.3 is 0 Å². The second kappa shape index (κ2) is 8.03. The number of thiophene rings is 1. The Labute approximate surface area is 174 Å². The lowest BCUT2D eigenvalue weighted by Gasteiger charge is -2.10. The van der Waals surface area contributed by atoms with E-state index in [9.17, 15) is 22.0 Å². The third-order valence-corrected chi connectivity index (χ3v) is 5.86. The molecule has 0 radical (unpaired) electrons. The maximum absolute atomic E-state index is 14.6. The summed E-state index contributed by atoms with van der Waals surface area (Å²) in [6.45, 7) is 2.02. The summed E-state index contributed by atoms with van der Waals surface area (Å²) in [6, 6.07) is 15.2. The van der Waals surface area contributed by atoms with E-state index >= 15 is 0 Å². The van der Waals surface area contributed by atoms with Gasteiger partial charge in [-0.1, -0.05) is 24.3 Å². The van der Waals surface area contributed by atoms with Crippen LogP contribution in [0.1, 0.15) is 16.0 Å². The van der Waals surface area contributed by atoms with Gasteiger partial charge in [-0.3, -0.25) is 0 Å². The van der Waals surface area contributed by atoms with E-state index in [0.717, 1.165) is 22.6 Å². The minimum atomic E-state index is -1.61. The van der Waals surface area contributed by atoms with Crippen molar-refractivity contribution in [3.05, 3.63) is 106 Å². The predicted molar refractivity (Wildman–Crippen MR) is 109 cm³/mol. The molecule has 0 aliphatic heterocycles. The van der Waals surface area contributed by atoms with Crippen LogP contribution >= 0.6 is 11.3 Å². The van der Waals surface area contributed by atoms with Crippen molar-refractivity contribution in [3.8, 4) is 21.6 Å². The van der Waals surface area contributed by atoms with Gasteiger partial charge in [-0.25, -0.2) is 22.0 Å². The molecular weight excluding hydrogens is 415 g/mol. The Hall–Kier alpha value is -2.99. The van der Waals surface area contributed by atoms with Gasteiger partial charge in [0.05, 0.1) is 0 Å². The second-order valence-electron chi connectivity index (χ2n) is 6.96. The van der Waals surface area contributed by atoms with Crippen LogP contribution in [0.2, 0.25) is 0 Å². The third kappa shape index (κ3) is 4.00. The Kier molecular flexibility index (Phi) is 5.43. The minimum Gasteiger partial charge on any atom is -0.207 e. The highest BCUT2D eigenvalue weighted by molar-refractivity contribution is 7.15. The molecule has 0 aliphatic carbocycles. The summed E-state index contributed by atoms with van der Waals surface area (Å²) < 4.78 is 69.1. The lowest BCUT2D eigenvalue weighted by atomic mass is 9.98. The molecule has 1 heterocycles. The van der Waals surface area contributed by atoms with E-state index in [1.165, 1.54) is 17.0 Å². The van der Waals surface area contributed by atoms with Crippen LogP contribution in [0, 0.1) is 36.0 Å². The number of hydrogen-bond donors (Lipinski definition) is 0. The third-order valence-electron chi connectivity index (χ3n) is 4.81. The first-order chi connectivity index (χ1) is 14.3. The molecule has 1 aromatic heterocycles. The number of halogens is 5. The zero-order valence-electron chi connectivity index (χ0n) is 15.8. The first kappa shape index (κ1) is 20.3. The molecule has 4 aromatic rings. The van der Waals surface area contributed by atoms with Crippen LogP contribution in [-0.2, 0) is 6.42 Å². The molecular formula is C24H15F5S. The molecule has 0 aliphatic rings. The van der Waals surface area contributed by atoms with Crippen molar-refractivity contribution >= 4 is 11.3 Å². The van der Waals surface area contributed by atoms with Crippen LogP contribution in [0.3, 0.4) is 0 Å². The summed E-state index contributed by atoms with van der Waals surface area (Å²) in [5, 5.41) is 0. The molecule has 0 unspecified atom stereocenters. The van der Waals surface area contributed by atoms with Gasteiger partial charge in [0.2, 0.25) is 0 Å². The summed E-state index contributed by atoms with van der Waals surface area (Å²) in [7, 11) is 0. The Morgan fingerprint density at radius 2 is 1.20 bits per heavy atom. The molecule has 152 valence electrons. The summed E-state index contributed by atoms with van der Waals surface area (Å²) in [5.41, 5.74) is 1.59. The number of hydrogen-bond acceptors (Lipinski definition) is 1. The Balaban J connectivity index is 1.63. The summed E-state index contributed by atoms with van der Waals surface area (Å²) in [5.74, 6) is -6.09. The van der Waals surface area contributed by atoms with Crippen LogP contribution in [0.5, 0.6) is 0 Å². The van der Waals surface area contributed by atoms with Crippen LogP contribution in [0.25, 0.3) is 21.6 Å². The lowest BCUT2D eigenvalue weighted by molar-refractivity contribution is 0.445. The van der Waals surface area contributed by atoms with Crippen molar-refractivity contribution in [1.29, 1.82) is 0 Å². The standard InChI is InChI=1S/C24H15F5S/c1-13-2-7-23(30-13)16-5-3-15(4-6-16)17-11-19(25)18(20(26)12-17)8-14-9-21(27)24(29)22(28)10-14/h2-7,9-12H,8H2,1H3. The summed E-state index contributed by atoms with van der Waals surface area (Å²) in [6.07, 6.45) is -0.400. The summed E-state index contributed by atoms with van der Waals surface area (Å²) >= 11 is 1.66. The molecule has 0 nitrogen and oxygen atoms in total. The first-order valence-electron chi connectivity index (χ1n) is 9.10. The number of aryl methyl sites for hydroxylation is 1. The van der Waals surface area contributed by atoms with Gasteiger partial charge in [0, 0.05) is 21.7 Å². The van der Waals surface area contributed by atoms with Crippen molar-refractivity contribution in [2.75, 3.05) is 0 Å². The van der Waals surface area contributed by atoms with Crippen molar-refractivity contribution in [1.82, 2.24) is 0 Å². The Morgan fingerprint density at radius 1 is 0.633 bits per heavy atom. The number of benzene rings is 3. The molecule has 0 N–H and O–H groups in total. The van der Waals surface area contributed by atoms with E-state index in [1.54, 1.807) is 23.5 Å². The second-order valence-corrected chi connectivity index (χ2v) is 8.24. The van der Waals surface area contributed by atoms with E-state index in [0.29, 0.717) is 11.1 Å². The molecule has 3 aromatic carbocycles. The maximum Gasteiger partial charge on any atom is 0.194 e. The lowest BCUT2D eigenvalue weighted by Crippen LogP contribution is -2.01. The highest BCUT2D eigenvalue weighted by Gasteiger charge is 2.16. The molecule has 0 atom stereocenters. The smallest absolute Gasteiger partial charge is 0.194 e. The Morgan fingerprint density at radius 3 is 1.73 bits per heavy atom. The summed E-state index contributed by atoms with van der Waals surface area (Å²) in [4.78, 5) is 2.29. The van der Waals surface area contributed by atoms with E-state index in [1.807, 2.05) is 31.2 Å². The first-order valence-corrected chi connectivity index (χ1v) is 9.92. The largest absolute Gasteiger partial charge is 0.207 e. The molecule has 6 heteroatoms. The van der Waals surface area contributed by atoms with Gasteiger partial charge in [-0.2, -0.15) is 0 Å². The average molecular weight is 430 g/mol. The molecule has 0 amide bonds. The highest BCUT2D eigenvalue weighted by Crippen LogP contribution is 2.31. The maximum atomic E-state index is 14.6. The molecule has 0 saturated carbocycles. The van der Waals surface area contributed by atoms with Gasteiger partial charge in [0.25, 0.3) is 0 Å². The van der Waals surface area contributed by atoms with Crippen LogP contribution in [0.15, 0.2) is 60.7 Å². The molecule has 4 rings (SSSR count). The fourth-order valence-corrected chi connectivity index (χ4v) is 4.14. The molecule has 0 spiro atoms. The van der Waals surface area contributed by atoms with Gasteiger partial charge in [0.15, 0.2) is 17.5 Å². The van der Waals surface area contributed by atoms with Gasteiger partial charge in [0.1, 0.15) is 11.6 Å². The van der Waals surface area contributed by atoms with Crippen LogP contribution in [0.4, 0.5) is 22.0 Å². The normalized spacial score (nSPS) is 11.1. The van der Waals surface area contributed by atoms with Crippen LogP contribution in [-0.4, -0.2) is 0 Å². The van der Waals surface area contributed by atoms with Crippen molar-refractivity contribution in [2.24, 2.45) is 0 Å². The minimum absolute atomic E-state index is 0.0625. The molecule has 0 fully saturated rings. The van der Waals surface area contributed by atoms with E-state index < -0.39 is 35.5 Å². The van der Waals surface area contributed by atoms with Crippen molar-refractivity contribution in [3.63, 3.8) is 0 Å². The molecule has 0 saturated heterocycles. The van der Waals surface area contributed by atoms with Crippen molar-refractivity contribution in [2.45, 2.75) is 13.3 Å². The predicted octanol–water partition coefficient (Wildman–Crippen LogP) is 7.68. The molecule has 0 bridgehead atoms. The monoisotopic (exact) mass is 430 g/mol. The highest BCUT2D eigenvalue weighted by atomic mass is 32.1. The van der Waals surface area contributed by atoms with E-state index in [-0.39, 0.29) is 11.1 Å². The topological polar surface area (TPSA) is 0 Å². The fourth-order valence-electron chi connectivity index (χ4n) is 3.27. The quantitative estimate of drug-likeness (QED) is 0.230. The zero-order valence-corrected chi connectivity index (χ0v) is 16.6. The fraction of sp³-hybridized carbons (Fsp3) is 0.0833. The Bertz CT molecular complexity index is 1180. The van der Waals surface area contributed by atoms with Gasteiger partial charge >= 0.3 is 0 Å². The average Bonchev–Trinajstić information content (AvgIpc) is 3.15. The SMILES string of the molecule is Cc1ccc(-c2ccc(-c3cc(F)c(Cc4cc(F)c(F)c(F)c4)c(F)c3)cc2)s1. The number of rotatable bonds is 4. The van der Waals surface area contributed by atoms with E-state index in [2.05, 4.69) is 0 Å². The van der Waals surface area contributed by atoms with Crippen molar-refractivity contribution < 1.29 is 22.0 Å². The van der Waals surface area contributed by atoms with Gasteiger partial charge in [-0.15, -0.1) is 11.3 Å².